The Hall–Kier alpha value is -1.15. The van der Waals surface area contributed by atoms with Crippen LogP contribution in [0.5, 0.6) is 0 Å². The maximum atomic E-state index is 11.8. The molecule has 0 aliphatic carbocycles. The fourth-order valence-corrected chi connectivity index (χ4v) is 1.49. The van der Waals surface area contributed by atoms with E-state index in [0.717, 1.165) is 18.4 Å². The Morgan fingerprint density at radius 1 is 1.24 bits per heavy atom. The minimum atomic E-state index is 0.0661. The zero-order valence-electron chi connectivity index (χ0n) is 11.0. The van der Waals surface area contributed by atoms with Crippen molar-refractivity contribution in [3.05, 3.63) is 35.4 Å². The van der Waals surface area contributed by atoms with Crippen molar-refractivity contribution in [3.8, 4) is 0 Å². The van der Waals surface area contributed by atoms with Gasteiger partial charge in [-0.05, 0) is 24.3 Å². The van der Waals surface area contributed by atoms with Crippen molar-refractivity contribution in [2.45, 2.75) is 33.6 Å². The number of aryl methyl sites for hydroxylation is 1. The lowest BCUT2D eigenvalue weighted by atomic mass is 10.1. The first-order valence-electron chi connectivity index (χ1n) is 6.33. The van der Waals surface area contributed by atoms with Gasteiger partial charge >= 0.3 is 0 Å². The predicted molar refractivity (Wildman–Crippen MR) is 70.4 cm³/mol. The van der Waals surface area contributed by atoms with Crippen molar-refractivity contribution >= 4 is 5.78 Å². The van der Waals surface area contributed by atoms with Crippen LogP contribution < -0.4 is 0 Å². The van der Waals surface area contributed by atoms with Crippen molar-refractivity contribution in [2.24, 2.45) is 5.92 Å². The summed E-state index contributed by atoms with van der Waals surface area (Å²) in [5, 5.41) is 0. The van der Waals surface area contributed by atoms with Gasteiger partial charge in [0.15, 0.2) is 5.78 Å². The van der Waals surface area contributed by atoms with Crippen LogP contribution in [0.25, 0.3) is 0 Å². The fourth-order valence-electron chi connectivity index (χ4n) is 1.49. The summed E-state index contributed by atoms with van der Waals surface area (Å²) in [5.74, 6) is 0.686. The van der Waals surface area contributed by atoms with Crippen LogP contribution >= 0.6 is 0 Å². The molecule has 0 fully saturated rings. The average Bonchev–Trinajstić information content (AvgIpc) is 2.34. The third-order valence-electron chi connectivity index (χ3n) is 2.76. The summed E-state index contributed by atoms with van der Waals surface area (Å²) in [5.41, 5.74) is 1.99. The van der Waals surface area contributed by atoms with Crippen LogP contribution in [-0.4, -0.2) is 19.0 Å². The summed E-state index contributed by atoms with van der Waals surface area (Å²) in [4.78, 5) is 11.8. The molecule has 1 aromatic carbocycles. The quantitative estimate of drug-likeness (QED) is 0.533. The Balaban J connectivity index is 2.36. The van der Waals surface area contributed by atoms with E-state index in [4.69, 9.17) is 4.74 Å². The molecular weight excluding hydrogens is 212 g/mol. The largest absolute Gasteiger partial charge is 0.373 e. The molecule has 0 aliphatic rings. The predicted octanol–water partition coefficient (Wildman–Crippen LogP) is 3.49. The number of Topliss-reactive ketones (excluding diaryl/α,β-unsaturated/α-hetero) is 1. The van der Waals surface area contributed by atoms with E-state index in [0.29, 0.717) is 12.5 Å². The molecule has 0 unspecified atom stereocenters. The van der Waals surface area contributed by atoms with Crippen molar-refractivity contribution in [2.75, 3.05) is 13.2 Å². The number of hydrogen-bond donors (Lipinski definition) is 0. The molecule has 1 aromatic rings. The van der Waals surface area contributed by atoms with Gasteiger partial charge in [-0.15, -0.1) is 0 Å². The van der Waals surface area contributed by atoms with Crippen molar-refractivity contribution < 1.29 is 9.53 Å². The van der Waals surface area contributed by atoms with E-state index < -0.39 is 0 Å². The molecule has 2 nitrogen and oxygen atoms in total. The number of hydrogen-bond acceptors (Lipinski definition) is 2. The highest BCUT2D eigenvalue weighted by Gasteiger charge is 2.05. The van der Waals surface area contributed by atoms with Crippen LogP contribution in [-0.2, 0) is 11.2 Å². The minimum absolute atomic E-state index is 0.0661. The summed E-state index contributed by atoms with van der Waals surface area (Å²) in [6.45, 7) is 7.25. The first kappa shape index (κ1) is 13.9. The van der Waals surface area contributed by atoms with Gasteiger partial charge in [0.25, 0.3) is 0 Å². The Labute approximate surface area is 104 Å². The molecule has 0 atom stereocenters. The molecular formula is C15H22O2. The topological polar surface area (TPSA) is 26.3 Å². The van der Waals surface area contributed by atoms with E-state index in [1.54, 1.807) is 0 Å². The number of benzene rings is 1. The normalized spacial score (nSPS) is 10.8. The molecule has 0 heterocycles. The molecule has 94 valence electrons. The van der Waals surface area contributed by atoms with Gasteiger partial charge in [-0.2, -0.15) is 0 Å². The van der Waals surface area contributed by atoms with Crippen LogP contribution in [0.2, 0.25) is 0 Å². The van der Waals surface area contributed by atoms with Gasteiger partial charge in [0.05, 0.1) is 0 Å². The van der Waals surface area contributed by atoms with Crippen molar-refractivity contribution in [1.82, 2.24) is 0 Å². The smallest absolute Gasteiger partial charge is 0.188 e. The number of carbonyl (C=O) groups is 1. The maximum absolute atomic E-state index is 11.8. The van der Waals surface area contributed by atoms with Gasteiger partial charge in [0.1, 0.15) is 6.61 Å². The number of carbonyl (C=O) groups excluding carboxylic acids is 1. The van der Waals surface area contributed by atoms with E-state index in [-0.39, 0.29) is 12.4 Å². The first-order valence-corrected chi connectivity index (χ1v) is 6.33. The number of ketones is 1. The highest BCUT2D eigenvalue weighted by atomic mass is 16.5. The standard InChI is InChI=1S/C15H22O2/c1-4-13-5-7-14(8-6-13)15(16)11-17-10-9-12(2)3/h5-8,12H,4,9-11H2,1-3H3. The lowest BCUT2D eigenvalue weighted by Gasteiger charge is -2.06. The van der Waals surface area contributed by atoms with Crippen LogP contribution in [0.15, 0.2) is 24.3 Å². The zero-order chi connectivity index (χ0) is 12.7. The monoisotopic (exact) mass is 234 g/mol. The molecule has 0 radical (unpaired) electrons. The number of ether oxygens (including phenoxy) is 1. The van der Waals surface area contributed by atoms with Gasteiger partial charge in [-0.3, -0.25) is 4.79 Å². The van der Waals surface area contributed by atoms with E-state index in [1.165, 1.54) is 5.56 Å². The second-order valence-corrected chi connectivity index (χ2v) is 4.71. The highest BCUT2D eigenvalue weighted by Crippen LogP contribution is 2.06. The highest BCUT2D eigenvalue weighted by molar-refractivity contribution is 5.97. The molecule has 0 saturated carbocycles. The Bertz CT molecular complexity index is 338. The third-order valence-corrected chi connectivity index (χ3v) is 2.76. The molecule has 0 saturated heterocycles. The van der Waals surface area contributed by atoms with Gasteiger partial charge in [0.2, 0.25) is 0 Å². The zero-order valence-corrected chi connectivity index (χ0v) is 11.0. The van der Waals surface area contributed by atoms with Gasteiger partial charge in [-0.25, -0.2) is 0 Å². The van der Waals surface area contributed by atoms with Crippen LogP contribution in [0.1, 0.15) is 43.1 Å². The number of rotatable bonds is 7. The molecule has 2 heteroatoms. The van der Waals surface area contributed by atoms with Crippen LogP contribution in [0.3, 0.4) is 0 Å². The maximum Gasteiger partial charge on any atom is 0.188 e. The summed E-state index contributed by atoms with van der Waals surface area (Å²) >= 11 is 0. The molecule has 0 aliphatic heterocycles. The second kappa shape index (κ2) is 7.23. The SMILES string of the molecule is CCc1ccc(C(=O)COCCC(C)C)cc1. The Kier molecular flexibility index (Phi) is 5.92. The summed E-state index contributed by atoms with van der Waals surface area (Å²) in [6, 6.07) is 7.77. The molecule has 1 rings (SSSR count). The fraction of sp³-hybridized carbons (Fsp3) is 0.533. The van der Waals surface area contributed by atoms with Crippen LogP contribution in [0.4, 0.5) is 0 Å². The lowest BCUT2D eigenvalue weighted by Crippen LogP contribution is -2.10. The van der Waals surface area contributed by atoms with Crippen molar-refractivity contribution in [3.63, 3.8) is 0 Å². The lowest BCUT2D eigenvalue weighted by molar-refractivity contribution is 0.0739. The van der Waals surface area contributed by atoms with Gasteiger partial charge in [-0.1, -0.05) is 45.0 Å². The molecule has 0 N–H and O–H groups in total. The summed E-state index contributed by atoms with van der Waals surface area (Å²) < 4.78 is 5.37. The molecule has 0 bridgehead atoms. The molecule has 0 aromatic heterocycles. The Morgan fingerprint density at radius 3 is 2.41 bits per heavy atom. The molecule has 17 heavy (non-hydrogen) atoms. The summed E-state index contributed by atoms with van der Waals surface area (Å²) in [7, 11) is 0. The van der Waals surface area contributed by atoms with Gasteiger partial charge in [0, 0.05) is 12.2 Å². The van der Waals surface area contributed by atoms with E-state index >= 15 is 0 Å². The van der Waals surface area contributed by atoms with E-state index in [2.05, 4.69) is 20.8 Å². The van der Waals surface area contributed by atoms with E-state index in [9.17, 15) is 4.79 Å². The first-order chi connectivity index (χ1) is 8.13. The summed E-state index contributed by atoms with van der Waals surface area (Å²) in [6.07, 6.45) is 2.00. The Morgan fingerprint density at radius 2 is 1.88 bits per heavy atom. The average molecular weight is 234 g/mol. The second-order valence-electron chi connectivity index (χ2n) is 4.71. The van der Waals surface area contributed by atoms with Crippen LogP contribution in [0, 0.1) is 5.92 Å². The third kappa shape index (κ3) is 5.14. The van der Waals surface area contributed by atoms with E-state index in [1.807, 2.05) is 24.3 Å². The van der Waals surface area contributed by atoms with Gasteiger partial charge < -0.3 is 4.74 Å². The minimum Gasteiger partial charge on any atom is -0.373 e. The van der Waals surface area contributed by atoms with Crippen molar-refractivity contribution in [1.29, 1.82) is 0 Å². The molecule has 0 amide bonds. The molecule has 0 spiro atoms.